The molecule has 0 spiro atoms. The van der Waals surface area contributed by atoms with Crippen LogP contribution in [0.1, 0.15) is 33.1 Å². The second kappa shape index (κ2) is 6.62. The minimum Gasteiger partial charge on any atom is -0.353 e. The zero-order valence-corrected chi connectivity index (χ0v) is 9.81. The van der Waals surface area contributed by atoms with Gasteiger partial charge in [0, 0.05) is 13.0 Å². The molecule has 1 aliphatic rings. The van der Waals surface area contributed by atoms with E-state index in [2.05, 4.69) is 10.6 Å². The predicted octanol–water partition coefficient (Wildman–Crippen LogP) is 1.46. The normalized spacial score (nSPS) is 17.2. The van der Waals surface area contributed by atoms with E-state index in [0.717, 1.165) is 25.9 Å². The molecule has 1 saturated heterocycles. The van der Waals surface area contributed by atoms with E-state index in [-0.39, 0.29) is 5.91 Å². The second-order valence-corrected chi connectivity index (χ2v) is 4.48. The number of allylic oxidation sites excluding steroid dienone is 1. The predicted molar refractivity (Wildman–Crippen MR) is 62.7 cm³/mol. The molecule has 2 N–H and O–H groups in total. The van der Waals surface area contributed by atoms with Gasteiger partial charge in [-0.1, -0.05) is 11.6 Å². The number of piperidine rings is 1. The topological polar surface area (TPSA) is 41.1 Å². The van der Waals surface area contributed by atoms with Crippen LogP contribution in [0.5, 0.6) is 0 Å². The van der Waals surface area contributed by atoms with Crippen molar-refractivity contribution >= 4 is 5.91 Å². The maximum atomic E-state index is 11.5. The smallest absolute Gasteiger partial charge is 0.220 e. The summed E-state index contributed by atoms with van der Waals surface area (Å²) in [6.07, 6.45) is 5.00. The van der Waals surface area contributed by atoms with Gasteiger partial charge in [0.05, 0.1) is 0 Å². The van der Waals surface area contributed by atoms with Crippen molar-refractivity contribution < 1.29 is 4.79 Å². The molecule has 0 saturated carbocycles. The Balaban J connectivity index is 2.14. The fourth-order valence-corrected chi connectivity index (χ4v) is 1.79. The summed E-state index contributed by atoms with van der Waals surface area (Å²) >= 11 is 0. The number of carbonyl (C=O) groups excluding carboxylic acids is 1. The molecule has 0 aromatic rings. The van der Waals surface area contributed by atoms with Crippen molar-refractivity contribution in [3.8, 4) is 0 Å². The first-order chi connectivity index (χ1) is 7.18. The summed E-state index contributed by atoms with van der Waals surface area (Å²) in [5, 5.41) is 6.23. The summed E-state index contributed by atoms with van der Waals surface area (Å²) in [6.45, 7) is 6.88. The van der Waals surface area contributed by atoms with Crippen LogP contribution in [-0.2, 0) is 4.79 Å². The van der Waals surface area contributed by atoms with Crippen LogP contribution >= 0.6 is 0 Å². The summed E-state index contributed by atoms with van der Waals surface area (Å²) in [6, 6.07) is 0. The van der Waals surface area contributed by atoms with Gasteiger partial charge in [-0.25, -0.2) is 0 Å². The summed E-state index contributed by atoms with van der Waals surface area (Å²) in [7, 11) is 0. The monoisotopic (exact) mass is 210 g/mol. The highest BCUT2D eigenvalue weighted by Gasteiger charge is 2.15. The van der Waals surface area contributed by atoms with Gasteiger partial charge in [-0.2, -0.15) is 0 Å². The Bertz CT molecular complexity index is 226. The first-order valence-electron chi connectivity index (χ1n) is 5.79. The average molecular weight is 210 g/mol. The van der Waals surface area contributed by atoms with E-state index < -0.39 is 0 Å². The molecule has 0 radical (unpaired) electrons. The highest BCUT2D eigenvalue weighted by molar-refractivity contribution is 5.76. The number of hydrogen-bond acceptors (Lipinski definition) is 2. The van der Waals surface area contributed by atoms with Gasteiger partial charge in [-0.3, -0.25) is 4.79 Å². The molecule has 1 fully saturated rings. The van der Waals surface area contributed by atoms with Gasteiger partial charge >= 0.3 is 0 Å². The molecule has 15 heavy (non-hydrogen) atoms. The molecule has 0 bridgehead atoms. The minimum absolute atomic E-state index is 0.194. The van der Waals surface area contributed by atoms with Crippen LogP contribution < -0.4 is 10.6 Å². The zero-order chi connectivity index (χ0) is 11.1. The van der Waals surface area contributed by atoms with Crippen LogP contribution in [0.4, 0.5) is 0 Å². The van der Waals surface area contributed by atoms with Crippen molar-refractivity contribution in [1.29, 1.82) is 0 Å². The maximum Gasteiger partial charge on any atom is 0.220 e. The summed E-state index contributed by atoms with van der Waals surface area (Å²) in [4.78, 5) is 11.5. The molecule has 0 unspecified atom stereocenters. The van der Waals surface area contributed by atoms with Crippen LogP contribution in [0.2, 0.25) is 0 Å². The molecular weight excluding hydrogens is 188 g/mol. The second-order valence-electron chi connectivity index (χ2n) is 4.48. The molecule has 1 aliphatic heterocycles. The number of amides is 1. The van der Waals surface area contributed by atoms with Crippen LogP contribution in [0.15, 0.2) is 11.6 Å². The number of rotatable bonds is 4. The molecular formula is C12H22N2O. The van der Waals surface area contributed by atoms with Gasteiger partial charge in [0.1, 0.15) is 0 Å². The zero-order valence-electron chi connectivity index (χ0n) is 9.81. The molecule has 0 atom stereocenters. The summed E-state index contributed by atoms with van der Waals surface area (Å²) < 4.78 is 0. The quantitative estimate of drug-likeness (QED) is 0.690. The molecule has 1 rings (SSSR count). The van der Waals surface area contributed by atoms with Crippen molar-refractivity contribution in [2.24, 2.45) is 5.92 Å². The molecule has 86 valence electrons. The van der Waals surface area contributed by atoms with E-state index in [0.29, 0.717) is 18.9 Å². The Hall–Kier alpha value is -0.830. The van der Waals surface area contributed by atoms with Gasteiger partial charge in [0.25, 0.3) is 0 Å². The molecule has 0 aromatic heterocycles. The van der Waals surface area contributed by atoms with E-state index in [1.165, 1.54) is 5.57 Å². The standard InChI is InChI=1S/C12H22N2O/c1-10(2)3-8-14-12(15)9-11-4-6-13-7-5-11/h3,11,13H,4-9H2,1-2H3,(H,14,15). The lowest BCUT2D eigenvalue weighted by Crippen LogP contribution is -2.32. The molecule has 3 nitrogen and oxygen atoms in total. The molecule has 1 amide bonds. The lowest BCUT2D eigenvalue weighted by Gasteiger charge is -2.21. The fourth-order valence-electron chi connectivity index (χ4n) is 1.79. The Labute approximate surface area is 92.3 Å². The Morgan fingerprint density at radius 2 is 2.07 bits per heavy atom. The van der Waals surface area contributed by atoms with Crippen molar-refractivity contribution in [2.45, 2.75) is 33.1 Å². The number of nitrogens with one attached hydrogen (secondary N) is 2. The maximum absolute atomic E-state index is 11.5. The van der Waals surface area contributed by atoms with Gasteiger partial charge in [-0.15, -0.1) is 0 Å². The van der Waals surface area contributed by atoms with Crippen molar-refractivity contribution in [3.63, 3.8) is 0 Å². The van der Waals surface area contributed by atoms with E-state index >= 15 is 0 Å². The van der Waals surface area contributed by atoms with E-state index in [1.807, 2.05) is 19.9 Å². The van der Waals surface area contributed by atoms with Crippen molar-refractivity contribution in [1.82, 2.24) is 10.6 Å². The van der Waals surface area contributed by atoms with Gasteiger partial charge < -0.3 is 10.6 Å². The summed E-state index contributed by atoms with van der Waals surface area (Å²) in [5.41, 5.74) is 1.25. The number of hydrogen-bond donors (Lipinski definition) is 2. The van der Waals surface area contributed by atoms with E-state index in [4.69, 9.17) is 0 Å². The molecule has 3 heteroatoms. The van der Waals surface area contributed by atoms with Gasteiger partial charge in [0.15, 0.2) is 0 Å². The van der Waals surface area contributed by atoms with Crippen LogP contribution in [0.25, 0.3) is 0 Å². The molecule has 0 aliphatic carbocycles. The molecule has 0 aromatic carbocycles. The Kier molecular flexibility index (Phi) is 5.40. The Morgan fingerprint density at radius 1 is 1.40 bits per heavy atom. The third kappa shape index (κ3) is 5.57. The van der Waals surface area contributed by atoms with Crippen LogP contribution in [0, 0.1) is 5.92 Å². The molecule has 1 heterocycles. The fraction of sp³-hybridized carbons (Fsp3) is 0.750. The number of carbonyl (C=O) groups is 1. The van der Waals surface area contributed by atoms with Crippen LogP contribution in [0.3, 0.4) is 0 Å². The van der Waals surface area contributed by atoms with E-state index in [9.17, 15) is 4.79 Å². The first kappa shape index (κ1) is 12.2. The van der Waals surface area contributed by atoms with Gasteiger partial charge in [-0.05, 0) is 45.7 Å². The SMILES string of the molecule is CC(C)=CCNC(=O)CC1CCNCC1. The van der Waals surface area contributed by atoms with Crippen molar-refractivity contribution in [2.75, 3.05) is 19.6 Å². The highest BCUT2D eigenvalue weighted by Crippen LogP contribution is 2.15. The van der Waals surface area contributed by atoms with Gasteiger partial charge in [0.2, 0.25) is 5.91 Å². The van der Waals surface area contributed by atoms with Crippen molar-refractivity contribution in [3.05, 3.63) is 11.6 Å². The summed E-state index contributed by atoms with van der Waals surface area (Å²) in [5.74, 6) is 0.775. The third-order valence-corrected chi connectivity index (χ3v) is 2.74. The third-order valence-electron chi connectivity index (χ3n) is 2.74. The lowest BCUT2D eigenvalue weighted by atomic mass is 9.94. The lowest BCUT2D eigenvalue weighted by molar-refractivity contribution is -0.121. The largest absolute Gasteiger partial charge is 0.353 e. The van der Waals surface area contributed by atoms with E-state index in [1.54, 1.807) is 0 Å². The first-order valence-corrected chi connectivity index (χ1v) is 5.79. The minimum atomic E-state index is 0.194. The highest BCUT2D eigenvalue weighted by atomic mass is 16.1. The average Bonchev–Trinajstić information content (AvgIpc) is 2.18. The Morgan fingerprint density at radius 3 is 2.67 bits per heavy atom. The van der Waals surface area contributed by atoms with Crippen LogP contribution in [-0.4, -0.2) is 25.5 Å².